The first-order valence-electron chi connectivity index (χ1n) is 7.88. The number of carbonyl (C=O) groups is 1. The van der Waals surface area contributed by atoms with E-state index in [2.05, 4.69) is 24.1 Å². The van der Waals surface area contributed by atoms with Crippen LogP contribution in [0.2, 0.25) is 0 Å². The molecule has 2 aliphatic rings. The first-order valence-corrected chi connectivity index (χ1v) is 7.88. The number of hydrogen-bond acceptors (Lipinski definition) is 3. The Kier molecular flexibility index (Phi) is 5.64. The molecule has 0 aromatic carbocycles. The molecule has 0 saturated carbocycles. The van der Waals surface area contributed by atoms with Crippen molar-refractivity contribution in [1.29, 1.82) is 0 Å². The largest absolute Gasteiger partial charge is 0.342 e. The Bertz CT molecular complexity index is 281. The number of hydrogen-bond donors (Lipinski definition) is 1. The Labute approximate surface area is 117 Å². The van der Waals surface area contributed by atoms with Gasteiger partial charge < -0.3 is 10.2 Å². The van der Waals surface area contributed by atoms with E-state index in [4.69, 9.17) is 0 Å². The van der Waals surface area contributed by atoms with Crippen LogP contribution in [0.5, 0.6) is 0 Å². The molecule has 0 spiro atoms. The lowest BCUT2D eigenvalue weighted by Gasteiger charge is -2.28. The molecule has 2 saturated heterocycles. The SMILES string of the molecule is CC(C)CN(CC(=O)N1CCCC1)CC1CCCN1. The maximum Gasteiger partial charge on any atom is 0.236 e. The van der Waals surface area contributed by atoms with Gasteiger partial charge in [0.2, 0.25) is 5.91 Å². The van der Waals surface area contributed by atoms with Gasteiger partial charge in [0.15, 0.2) is 0 Å². The highest BCUT2D eigenvalue weighted by atomic mass is 16.2. The van der Waals surface area contributed by atoms with E-state index in [1.54, 1.807) is 0 Å². The van der Waals surface area contributed by atoms with Crippen LogP contribution < -0.4 is 5.32 Å². The van der Waals surface area contributed by atoms with Gasteiger partial charge in [-0.05, 0) is 38.1 Å². The smallest absolute Gasteiger partial charge is 0.236 e. The van der Waals surface area contributed by atoms with Gasteiger partial charge in [-0.2, -0.15) is 0 Å². The topological polar surface area (TPSA) is 35.6 Å². The van der Waals surface area contributed by atoms with Gasteiger partial charge in [0.05, 0.1) is 6.54 Å². The van der Waals surface area contributed by atoms with Gasteiger partial charge >= 0.3 is 0 Å². The third-order valence-electron chi connectivity index (χ3n) is 4.08. The highest BCUT2D eigenvalue weighted by Crippen LogP contribution is 2.11. The second-order valence-corrected chi connectivity index (χ2v) is 6.47. The van der Waals surface area contributed by atoms with Crippen molar-refractivity contribution >= 4 is 5.91 Å². The highest BCUT2D eigenvalue weighted by molar-refractivity contribution is 5.78. The van der Waals surface area contributed by atoms with Crippen LogP contribution in [0, 0.1) is 5.92 Å². The summed E-state index contributed by atoms with van der Waals surface area (Å²) in [5, 5.41) is 3.54. The zero-order chi connectivity index (χ0) is 13.7. The summed E-state index contributed by atoms with van der Waals surface area (Å²) in [4.78, 5) is 16.7. The van der Waals surface area contributed by atoms with Crippen molar-refractivity contribution < 1.29 is 4.79 Å². The van der Waals surface area contributed by atoms with Gasteiger partial charge in [0.1, 0.15) is 0 Å². The number of nitrogens with zero attached hydrogens (tertiary/aromatic N) is 2. The third kappa shape index (κ3) is 4.77. The van der Waals surface area contributed by atoms with E-state index in [0.29, 0.717) is 24.4 Å². The molecule has 110 valence electrons. The summed E-state index contributed by atoms with van der Waals surface area (Å²) in [5.74, 6) is 0.948. The molecule has 2 heterocycles. The summed E-state index contributed by atoms with van der Waals surface area (Å²) >= 11 is 0. The van der Waals surface area contributed by atoms with Gasteiger partial charge in [-0.15, -0.1) is 0 Å². The number of likely N-dealkylation sites (tertiary alicyclic amines) is 1. The van der Waals surface area contributed by atoms with Crippen molar-refractivity contribution in [3.05, 3.63) is 0 Å². The molecule has 2 aliphatic heterocycles. The van der Waals surface area contributed by atoms with Crippen LogP contribution in [0.25, 0.3) is 0 Å². The maximum absolute atomic E-state index is 12.3. The van der Waals surface area contributed by atoms with Crippen molar-refractivity contribution in [3.8, 4) is 0 Å². The highest BCUT2D eigenvalue weighted by Gasteiger charge is 2.23. The Morgan fingerprint density at radius 2 is 2.05 bits per heavy atom. The zero-order valence-electron chi connectivity index (χ0n) is 12.5. The van der Waals surface area contributed by atoms with Crippen molar-refractivity contribution in [2.24, 2.45) is 5.92 Å². The molecule has 1 N–H and O–H groups in total. The molecule has 2 fully saturated rings. The second kappa shape index (κ2) is 7.25. The molecule has 0 aliphatic carbocycles. The van der Waals surface area contributed by atoms with E-state index in [1.165, 1.54) is 25.7 Å². The van der Waals surface area contributed by atoms with Crippen LogP contribution in [-0.2, 0) is 4.79 Å². The fourth-order valence-corrected chi connectivity index (χ4v) is 3.20. The summed E-state index contributed by atoms with van der Waals surface area (Å²) in [5.41, 5.74) is 0. The van der Waals surface area contributed by atoms with E-state index < -0.39 is 0 Å². The average molecular weight is 267 g/mol. The van der Waals surface area contributed by atoms with Crippen LogP contribution in [-0.4, -0.2) is 61.0 Å². The van der Waals surface area contributed by atoms with E-state index in [9.17, 15) is 4.79 Å². The van der Waals surface area contributed by atoms with Crippen LogP contribution in [0.15, 0.2) is 0 Å². The van der Waals surface area contributed by atoms with Crippen LogP contribution in [0.3, 0.4) is 0 Å². The van der Waals surface area contributed by atoms with Crippen molar-refractivity contribution in [3.63, 3.8) is 0 Å². The average Bonchev–Trinajstić information content (AvgIpc) is 3.00. The third-order valence-corrected chi connectivity index (χ3v) is 4.08. The predicted molar refractivity (Wildman–Crippen MR) is 78.1 cm³/mol. The standard InChI is InChI=1S/C15H29N3O/c1-13(2)10-17(11-14-6-5-7-16-14)12-15(19)18-8-3-4-9-18/h13-14,16H,3-12H2,1-2H3. The van der Waals surface area contributed by atoms with Crippen LogP contribution in [0.1, 0.15) is 39.5 Å². The second-order valence-electron chi connectivity index (χ2n) is 6.47. The number of amides is 1. The van der Waals surface area contributed by atoms with Crippen LogP contribution in [0.4, 0.5) is 0 Å². The number of carbonyl (C=O) groups excluding carboxylic acids is 1. The van der Waals surface area contributed by atoms with Crippen molar-refractivity contribution in [1.82, 2.24) is 15.1 Å². The molecule has 0 aromatic rings. The van der Waals surface area contributed by atoms with Crippen molar-refractivity contribution in [2.45, 2.75) is 45.6 Å². The minimum atomic E-state index is 0.330. The molecule has 0 radical (unpaired) electrons. The lowest BCUT2D eigenvalue weighted by atomic mass is 10.1. The van der Waals surface area contributed by atoms with E-state index >= 15 is 0 Å². The Balaban J connectivity index is 1.82. The van der Waals surface area contributed by atoms with Crippen LogP contribution >= 0.6 is 0 Å². The first-order chi connectivity index (χ1) is 9.15. The Hall–Kier alpha value is -0.610. The lowest BCUT2D eigenvalue weighted by Crippen LogP contribution is -2.45. The molecule has 1 amide bonds. The molecule has 1 atom stereocenters. The summed E-state index contributed by atoms with van der Waals surface area (Å²) in [6.45, 7) is 10.2. The molecule has 4 heteroatoms. The van der Waals surface area contributed by atoms with Gasteiger partial charge in [-0.3, -0.25) is 9.69 Å². The molecule has 0 bridgehead atoms. The van der Waals surface area contributed by atoms with Crippen molar-refractivity contribution in [2.75, 3.05) is 39.3 Å². The Morgan fingerprint density at radius 3 is 2.63 bits per heavy atom. The molecule has 0 aromatic heterocycles. The summed E-state index contributed by atoms with van der Waals surface area (Å²) in [6.07, 6.45) is 4.90. The van der Waals surface area contributed by atoms with E-state index in [0.717, 1.165) is 32.7 Å². The van der Waals surface area contributed by atoms with Gasteiger partial charge in [0, 0.05) is 32.2 Å². The minimum Gasteiger partial charge on any atom is -0.342 e. The summed E-state index contributed by atoms with van der Waals surface area (Å²) in [7, 11) is 0. The molecule has 4 nitrogen and oxygen atoms in total. The number of rotatable bonds is 6. The lowest BCUT2D eigenvalue weighted by molar-refractivity contribution is -0.131. The summed E-state index contributed by atoms with van der Waals surface area (Å²) < 4.78 is 0. The normalized spacial score (nSPS) is 23.8. The first kappa shape index (κ1) is 14.8. The molecule has 2 rings (SSSR count). The molecule has 19 heavy (non-hydrogen) atoms. The summed E-state index contributed by atoms with van der Waals surface area (Å²) in [6, 6.07) is 0.588. The monoisotopic (exact) mass is 267 g/mol. The van der Waals surface area contributed by atoms with E-state index in [-0.39, 0.29) is 0 Å². The van der Waals surface area contributed by atoms with E-state index in [1.807, 2.05) is 4.90 Å². The quantitative estimate of drug-likeness (QED) is 0.788. The predicted octanol–water partition coefficient (Wildman–Crippen LogP) is 1.32. The fourth-order valence-electron chi connectivity index (χ4n) is 3.20. The van der Waals surface area contributed by atoms with Gasteiger partial charge in [-0.1, -0.05) is 13.8 Å². The van der Waals surface area contributed by atoms with Gasteiger partial charge in [0.25, 0.3) is 0 Å². The minimum absolute atomic E-state index is 0.330. The zero-order valence-corrected chi connectivity index (χ0v) is 12.5. The molecular weight excluding hydrogens is 238 g/mol. The maximum atomic E-state index is 12.3. The fraction of sp³-hybridized carbons (Fsp3) is 0.933. The Morgan fingerprint density at radius 1 is 1.32 bits per heavy atom. The molecular formula is C15H29N3O. The van der Waals surface area contributed by atoms with Gasteiger partial charge in [-0.25, -0.2) is 0 Å². The molecule has 1 unspecified atom stereocenters. The number of nitrogens with one attached hydrogen (secondary N) is 1.